The Morgan fingerprint density at radius 2 is 1.62 bits per heavy atom. The summed E-state index contributed by atoms with van der Waals surface area (Å²) in [6.45, 7) is 0. The van der Waals surface area contributed by atoms with Crippen molar-refractivity contribution in [1.29, 1.82) is 0 Å². The van der Waals surface area contributed by atoms with Gasteiger partial charge in [-0.2, -0.15) is 0 Å². The molecule has 21 heavy (non-hydrogen) atoms. The van der Waals surface area contributed by atoms with E-state index in [9.17, 15) is 0 Å². The van der Waals surface area contributed by atoms with Crippen LogP contribution in [0.2, 0.25) is 5.02 Å². The highest BCUT2D eigenvalue weighted by Crippen LogP contribution is 2.34. The lowest BCUT2D eigenvalue weighted by Crippen LogP contribution is -1.89. The first-order valence-corrected chi connectivity index (χ1v) is 7.71. The van der Waals surface area contributed by atoms with E-state index in [1.54, 1.807) is 19.1 Å². The van der Waals surface area contributed by atoms with Crippen LogP contribution in [0.4, 0.5) is 5.69 Å². The number of benzene rings is 3. The van der Waals surface area contributed by atoms with Crippen molar-refractivity contribution in [2.45, 2.75) is 4.90 Å². The van der Waals surface area contributed by atoms with Gasteiger partial charge in [-0.25, -0.2) is 0 Å². The van der Waals surface area contributed by atoms with E-state index in [0.717, 1.165) is 26.7 Å². The van der Waals surface area contributed by atoms with Crippen LogP contribution in [0.5, 0.6) is 5.75 Å². The number of ether oxygens (including phenoxy) is 1. The van der Waals surface area contributed by atoms with Gasteiger partial charge in [-0.1, -0.05) is 35.9 Å². The third-order valence-corrected chi connectivity index (χ3v) is 4.35. The summed E-state index contributed by atoms with van der Waals surface area (Å²) >= 11 is 7.47. The molecular formula is C17H14ClNOS. The van der Waals surface area contributed by atoms with Crippen LogP contribution in [0, 0.1) is 0 Å². The van der Waals surface area contributed by atoms with Crippen LogP contribution in [-0.2, 0) is 0 Å². The molecule has 0 saturated carbocycles. The minimum absolute atomic E-state index is 0.737. The molecule has 0 fully saturated rings. The Labute approximate surface area is 133 Å². The van der Waals surface area contributed by atoms with Crippen LogP contribution in [0.25, 0.3) is 10.8 Å². The Morgan fingerprint density at radius 3 is 2.33 bits per heavy atom. The van der Waals surface area contributed by atoms with E-state index < -0.39 is 0 Å². The van der Waals surface area contributed by atoms with Crippen molar-refractivity contribution >= 4 is 40.0 Å². The molecule has 0 amide bonds. The van der Waals surface area contributed by atoms with Gasteiger partial charge in [0, 0.05) is 26.4 Å². The van der Waals surface area contributed by atoms with Crippen molar-refractivity contribution in [2.24, 2.45) is 0 Å². The molecule has 0 heterocycles. The van der Waals surface area contributed by atoms with Gasteiger partial charge in [0.2, 0.25) is 0 Å². The quantitative estimate of drug-likeness (QED) is 0.631. The Morgan fingerprint density at radius 1 is 0.905 bits per heavy atom. The fourth-order valence-electron chi connectivity index (χ4n) is 2.14. The second kappa shape index (κ2) is 6.29. The number of fused-ring (bicyclic) bond motifs is 1. The highest BCUT2D eigenvalue weighted by molar-refractivity contribution is 8.00. The van der Waals surface area contributed by atoms with E-state index in [1.165, 1.54) is 5.39 Å². The summed E-state index contributed by atoms with van der Waals surface area (Å²) in [7, 11) is 1.69. The first-order chi connectivity index (χ1) is 10.3. The van der Waals surface area contributed by atoms with Crippen LogP contribution in [-0.4, -0.2) is 7.11 Å². The lowest BCUT2D eigenvalue weighted by atomic mass is 10.1. The molecule has 2 nitrogen and oxygen atoms in total. The minimum atomic E-state index is 0.737. The monoisotopic (exact) mass is 315 g/mol. The summed E-state index contributed by atoms with van der Waals surface area (Å²) in [4.78, 5) is 1.15. The molecule has 0 aromatic heterocycles. The highest BCUT2D eigenvalue weighted by atomic mass is 35.5. The van der Waals surface area contributed by atoms with E-state index in [-0.39, 0.29) is 0 Å². The molecule has 0 spiro atoms. The number of nitrogens with one attached hydrogen (secondary N) is 1. The first-order valence-electron chi connectivity index (χ1n) is 6.52. The molecule has 0 saturated heterocycles. The summed E-state index contributed by atoms with van der Waals surface area (Å²) in [5, 5.41) is 3.02. The van der Waals surface area contributed by atoms with Gasteiger partial charge in [-0.05, 0) is 48.3 Å². The number of methoxy groups -OCH3 is 1. The molecule has 0 aliphatic rings. The lowest BCUT2D eigenvalue weighted by Gasteiger charge is -2.11. The summed E-state index contributed by atoms with van der Waals surface area (Å²) < 4.78 is 8.75. The second-order valence-electron chi connectivity index (χ2n) is 4.52. The maximum Gasteiger partial charge on any atom is 0.126 e. The van der Waals surface area contributed by atoms with Crippen molar-refractivity contribution in [3.05, 3.63) is 65.7 Å². The van der Waals surface area contributed by atoms with Gasteiger partial charge in [0.25, 0.3) is 0 Å². The molecule has 0 atom stereocenters. The molecule has 0 unspecified atom stereocenters. The molecule has 1 N–H and O–H groups in total. The Balaban J connectivity index is 1.89. The van der Waals surface area contributed by atoms with Crippen molar-refractivity contribution < 1.29 is 4.74 Å². The summed E-state index contributed by atoms with van der Waals surface area (Å²) in [5.74, 6) is 0.890. The fraction of sp³-hybridized carbons (Fsp3) is 0.0588. The van der Waals surface area contributed by atoms with Crippen LogP contribution >= 0.6 is 23.5 Å². The third kappa shape index (κ3) is 3.09. The first kappa shape index (κ1) is 14.1. The highest BCUT2D eigenvalue weighted by Gasteiger charge is 2.06. The fourth-order valence-corrected chi connectivity index (χ4v) is 3.06. The topological polar surface area (TPSA) is 21.3 Å². The van der Waals surface area contributed by atoms with Gasteiger partial charge in [-0.15, -0.1) is 0 Å². The maximum absolute atomic E-state index is 5.89. The molecular weight excluding hydrogens is 302 g/mol. The lowest BCUT2D eigenvalue weighted by molar-refractivity contribution is 0.419. The van der Waals surface area contributed by atoms with E-state index in [4.69, 9.17) is 16.3 Å². The van der Waals surface area contributed by atoms with Gasteiger partial charge < -0.3 is 9.46 Å². The maximum atomic E-state index is 5.89. The largest absolute Gasteiger partial charge is 0.496 e. The zero-order valence-electron chi connectivity index (χ0n) is 11.5. The van der Waals surface area contributed by atoms with Crippen molar-refractivity contribution in [3.63, 3.8) is 0 Å². The Bertz CT molecular complexity index is 758. The van der Waals surface area contributed by atoms with Crippen LogP contribution in [0.1, 0.15) is 0 Å². The molecule has 0 aliphatic carbocycles. The zero-order valence-corrected chi connectivity index (χ0v) is 13.0. The average molecular weight is 316 g/mol. The number of hydrogen-bond donors (Lipinski definition) is 1. The van der Waals surface area contributed by atoms with Gasteiger partial charge in [-0.3, -0.25) is 0 Å². The minimum Gasteiger partial charge on any atom is -0.496 e. The number of rotatable bonds is 4. The van der Waals surface area contributed by atoms with E-state index in [0.29, 0.717) is 0 Å². The van der Waals surface area contributed by atoms with Gasteiger partial charge >= 0.3 is 0 Å². The smallest absolute Gasteiger partial charge is 0.126 e. The molecule has 4 heteroatoms. The van der Waals surface area contributed by atoms with Crippen LogP contribution < -0.4 is 9.46 Å². The molecule has 0 bridgehead atoms. The number of anilines is 1. The second-order valence-corrected chi connectivity index (χ2v) is 5.81. The van der Waals surface area contributed by atoms with E-state index >= 15 is 0 Å². The number of hydrogen-bond acceptors (Lipinski definition) is 3. The van der Waals surface area contributed by atoms with Crippen molar-refractivity contribution in [1.82, 2.24) is 0 Å². The molecule has 0 aliphatic heterocycles. The Hall–Kier alpha value is -1.84. The standard InChI is InChI=1S/C17H14ClNOS/c1-20-16-10-11-17(15-5-3-2-4-14(15)16)21-19-13-8-6-12(18)7-9-13/h2-11,19H,1H3. The van der Waals surface area contributed by atoms with Crippen LogP contribution in [0.15, 0.2) is 65.6 Å². The van der Waals surface area contributed by atoms with Gasteiger partial charge in [0.15, 0.2) is 0 Å². The van der Waals surface area contributed by atoms with Crippen molar-refractivity contribution in [3.8, 4) is 5.75 Å². The predicted octanol–water partition coefficient (Wildman–Crippen LogP) is 5.62. The predicted molar refractivity (Wildman–Crippen MR) is 91.4 cm³/mol. The molecule has 3 aromatic rings. The third-order valence-electron chi connectivity index (χ3n) is 3.19. The molecule has 106 valence electrons. The van der Waals surface area contributed by atoms with E-state index in [2.05, 4.69) is 22.9 Å². The Kier molecular flexibility index (Phi) is 4.23. The molecule has 3 rings (SSSR count). The van der Waals surface area contributed by atoms with Crippen molar-refractivity contribution in [2.75, 3.05) is 11.8 Å². The zero-order chi connectivity index (χ0) is 14.7. The number of halogens is 1. The summed E-state index contributed by atoms with van der Waals surface area (Å²) in [6, 6.07) is 19.9. The van der Waals surface area contributed by atoms with Gasteiger partial charge in [0.1, 0.15) is 5.75 Å². The molecule has 0 radical (unpaired) electrons. The van der Waals surface area contributed by atoms with E-state index in [1.807, 2.05) is 42.5 Å². The summed E-state index contributed by atoms with van der Waals surface area (Å²) in [6.07, 6.45) is 0. The van der Waals surface area contributed by atoms with Crippen LogP contribution in [0.3, 0.4) is 0 Å². The normalized spacial score (nSPS) is 10.6. The molecule has 3 aromatic carbocycles. The van der Waals surface area contributed by atoms with Gasteiger partial charge in [0.05, 0.1) is 7.11 Å². The SMILES string of the molecule is COc1ccc(SNc2ccc(Cl)cc2)c2ccccc12. The summed E-state index contributed by atoms with van der Waals surface area (Å²) in [5.41, 5.74) is 1.02. The average Bonchev–Trinajstić information content (AvgIpc) is 2.54.